The molecule has 0 spiro atoms. The van der Waals surface area contributed by atoms with E-state index in [1.807, 2.05) is 6.08 Å². The number of rotatable bonds is 48. The first-order chi connectivity index (χ1) is 28.6. The van der Waals surface area contributed by atoms with Crippen molar-refractivity contribution in [1.29, 1.82) is 0 Å². The van der Waals surface area contributed by atoms with E-state index < -0.39 is 24.2 Å². The van der Waals surface area contributed by atoms with Crippen LogP contribution in [0.5, 0.6) is 0 Å². The molecule has 0 heterocycles. The van der Waals surface area contributed by atoms with Crippen LogP contribution in [0, 0.1) is 0 Å². The molecule has 0 aliphatic carbocycles. The lowest BCUT2D eigenvalue weighted by Crippen LogP contribution is -2.48. The molecule has 0 aromatic carbocycles. The predicted octanol–water partition coefficient (Wildman–Crippen LogP) is 15.7. The minimum absolute atomic E-state index is 0.361. The monoisotopic (exact) mass is 818 g/mol. The molecule has 4 N–H and O–H groups in total. The first-order valence-electron chi connectivity index (χ1n) is 26.2. The number of aliphatic hydroxyl groups excluding tert-OH is 3. The summed E-state index contributed by atoms with van der Waals surface area (Å²) in [5, 5.41) is 33.3. The van der Waals surface area contributed by atoms with Crippen LogP contribution < -0.4 is 5.32 Å². The van der Waals surface area contributed by atoms with Gasteiger partial charge in [-0.25, -0.2) is 0 Å². The highest BCUT2D eigenvalue weighted by atomic mass is 16.3. The Kier molecular flexibility index (Phi) is 47.5. The van der Waals surface area contributed by atoms with E-state index in [9.17, 15) is 20.1 Å². The highest BCUT2D eigenvalue weighted by Gasteiger charge is 2.22. The third kappa shape index (κ3) is 42.9. The van der Waals surface area contributed by atoms with Crippen molar-refractivity contribution >= 4 is 5.91 Å². The van der Waals surface area contributed by atoms with E-state index in [4.69, 9.17) is 0 Å². The largest absolute Gasteiger partial charge is 0.394 e. The standard InChI is InChI=1S/C53H103NO4/c1-3-5-7-9-11-13-15-17-19-21-22-23-24-25-26-27-28-29-30-31-32-34-36-38-40-42-44-46-48-52(57)53(58)54-50(49-55)51(56)47-45-43-41-39-37-35-33-20-18-16-14-12-10-8-6-4-2/h25-26,45,47,50-52,55-57H,3-24,27-44,46,48-49H2,1-2H3,(H,54,58)/b26-25-,47-45+. The lowest BCUT2D eigenvalue weighted by Gasteiger charge is -2.21. The van der Waals surface area contributed by atoms with Gasteiger partial charge in [-0.3, -0.25) is 4.79 Å². The molecule has 0 radical (unpaired) electrons. The van der Waals surface area contributed by atoms with E-state index >= 15 is 0 Å². The number of carbonyl (C=O) groups excluding carboxylic acids is 1. The van der Waals surface area contributed by atoms with Gasteiger partial charge in [-0.05, 0) is 44.9 Å². The molecule has 0 aliphatic rings. The maximum atomic E-state index is 12.5. The maximum absolute atomic E-state index is 12.5. The summed E-state index contributed by atoms with van der Waals surface area (Å²) in [4.78, 5) is 12.5. The molecule has 0 fully saturated rings. The molecule has 0 saturated carbocycles. The van der Waals surface area contributed by atoms with Crippen molar-refractivity contribution in [2.45, 2.75) is 302 Å². The Bertz CT molecular complexity index is 859. The average Bonchev–Trinajstić information content (AvgIpc) is 3.23. The zero-order valence-electron chi connectivity index (χ0n) is 39.2. The molecule has 0 saturated heterocycles. The fraction of sp³-hybridized carbons (Fsp3) is 0.906. The summed E-state index contributed by atoms with van der Waals surface area (Å²) < 4.78 is 0. The quantitative estimate of drug-likeness (QED) is 0.0364. The van der Waals surface area contributed by atoms with Crippen molar-refractivity contribution < 1.29 is 20.1 Å². The van der Waals surface area contributed by atoms with Gasteiger partial charge in [-0.1, -0.05) is 263 Å². The Morgan fingerprint density at radius 2 is 0.690 bits per heavy atom. The second-order valence-electron chi connectivity index (χ2n) is 18.1. The van der Waals surface area contributed by atoms with Crippen LogP contribution in [-0.2, 0) is 4.79 Å². The van der Waals surface area contributed by atoms with E-state index in [1.165, 1.54) is 231 Å². The van der Waals surface area contributed by atoms with Gasteiger partial charge in [0.1, 0.15) is 6.10 Å². The second-order valence-corrected chi connectivity index (χ2v) is 18.1. The van der Waals surface area contributed by atoms with Crippen molar-refractivity contribution in [3.05, 3.63) is 24.3 Å². The van der Waals surface area contributed by atoms with Gasteiger partial charge in [0.05, 0.1) is 18.8 Å². The Balaban J connectivity index is 3.56. The third-order valence-electron chi connectivity index (χ3n) is 12.3. The second kappa shape index (κ2) is 48.5. The van der Waals surface area contributed by atoms with Crippen LogP contribution in [-0.4, -0.2) is 46.1 Å². The van der Waals surface area contributed by atoms with Crippen molar-refractivity contribution in [1.82, 2.24) is 5.32 Å². The molecule has 0 rings (SSSR count). The van der Waals surface area contributed by atoms with Crippen molar-refractivity contribution in [3.63, 3.8) is 0 Å². The number of amides is 1. The van der Waals surface area contributed by atoms with Crippen molar-refractivity contribution in [2.75, 3.05) is 6.61 Å². The van der Waals surface area contributed by atoms with Gasteiger partial charge < -0.3 is 20.6 Å². The fourth-order valence-corrected chi connectivity index (χ4v) is 8.18. The zero-order valence-corrected chi connectivity index (χ0v) is 39.2. The van der Waals surface area contributed by atoms with Crippen LogP contribution >= 0.6 is 0 Å². The summed E-state index contributed by atoms with van der Waals surface area (Å²) in [5.74, 6) is -0.500. The fourth-order valence-electron chi connectivity index (χ4n) is 8.18. The van der Waals surface area contributed by atoms with Crippen LogP contribution in [0.15, 0.2) is 24.3 Å². The van der Waals surface area contributed by atoms with Gasteiger partial charge >= 0.3 is 0 Å². The lowest BCUT2D eigenvalue weighted by molar-refractivity contribution is -0.131. The summed E-state index contributed by atoms with van der Waals surface area (Å²) in [6.45, 7) is 4.21. The lowest BCUT2D eigenvalue weighted by atomic mass is 10.0. The molecule has 3 atom stereocenters. The summed E-state index contributed by atoms with van der Waals surface area (Å²) in [6.07, 6.45) is 61.0. The van der Waals surface area contributed by atoms with Gasteiger partial charge in [0, 0.05) is 0 Å². The molecule has 5 heteroatoms. The van der Waals surface area contributed by atoms with Gasteiger partial charge in [0.2, 0.25) is 5.91 Å². The van der Waals surface area contributed by atoms with Crippen molar-refractivity contribution in [2.24, 2.45) is 0 Å². The van der Waals surface area contributed by atoms with Crippen LogP contribution in [0.2, 0.25) is 0 Å². The number of aliphatic hydroxyl groups is 3. The predicted molar refractivity (Wildman–Crippen MR) is 255 cm³/mol. The Labute approximate surface area is 362 Å². The summed E-state index contributed by atoms with van der Waals surface area (Å²) in [5.41, 5.74) is 0. The number of hydrogen-bond donors (Lipinski definition) is 4. The Hall–Kier alpha value is -1.17. The van der Waals surface area contributed by atoms with Gasteiger partial charge in [-0.15, -0.1) is 0 Å². The molecular weight excluding hydrogens is 715 g/mol. The molecule has 58 heavy (non-hydrogen) atoms. The summed E-state index contributed by atoms with van der Waals surface area (Å²) in [7, 11) is 0. The number of hydrogen-bond acceptors (Lipinski definition) is 4. The van der Waals surface area contributed by atoms with Crippen LogP contribution in [0.1, 0.15) is 284 Å². The van der Waals surface area contributed by atoms with Crippen molar-refractivity contribution in [3.8, 4) is 0 Å². The smallest absolute Gasteiger partial charge is 0.249 e. The minimum atomic E-state index is -1.10. The first kappa shape index (κ1) is 56.8. The maximum Gasteiger partial charge on any atom is 0.249 e. The molecule has 1 amide bonds. The van der Waals surface area contributed by atoms with E-state index in [1.54, 1.807) is 6.08 Å². The molecule has 344 valence electrons. The Morgan fingerprint density at radius 1 is 0.414 bits per heavy atom. The molecule has 0 aromatic rings. The number of unbranched alkanes of at least 4 members (excludes halogenated alkanes) is 38. The number of nitrogens with one attached hydrogen (secondary N) is 1. The van der Waals surface area contributed by atoms with Gasteiger partial charge in [0.25, 0.3) is 0 Å². The number of carbonyl (C=O) groups is 1. The normalized spacial score (nSPS) is 13.5. The highest BCUT2D eigenvalue weighted by molar-refractivity contribution is 5.80. The summed E-state index contributed by atoms with van der Waals surface area (Å²) >= 11 is 0. The van der Waals surface area contributed by atoms with Crippen LogP contribution in [0.4, 0.5) is 0 Å². The number of allylic oxidation sites excluding steroid dienone is 3. The highest BCUT2D eigenvalue weighted by Crippen LogP contribution is 2.17. The minimum Gasteiger partial charge on any atom is -0.394 e. The van der Waals surface area contributed by atoms with E-state index in [0.29, 0.717) is 6.42 Å². The van der Waals surface area contributed by atoms with Crippen LogP contribution in [0.25, 0.3) is 0 Å². The molecule has 0 bridgehead atoms. The molecule has 0 aromatic heterocycles. The first-order valence-corrected chi connectivity index (χ1v) is 26.2. The van der Waals surface area contributed by atoms with Gasteiger partial charge in [-0.2, -0.15) is 0 Å². The molecule has 5 nitrogen and oxygen atoms in total. The zero-order chi connectivity index (χ0) is 42.3. The van der Waals surface area contributed by atoms with Gasteiger partial charge in [0.15, 0.2) is 0 Å². The molecule has 3 unspecified atom stereocenters. The van der Waals surface area contributed by atoms with E-state index in [0.717, 1.165) is 32.1 Å². The average molecular weight is 818 g/mol. The summed E-state index contributed by atoms with van der Waals surface area (Å²) in [6, 6.07) is -0.796. The SMILES string of the molecule is CCCCCCCCCCCCCC/C=C\CCCCCCCCCCCCCCC(O)C(=O)NC(CO)C(O)/C=C/CCCCCCCCCCCCCCCC. The molecule has 0 aliphatic heterocycles. The van der Waals surface area contributed by atoms with E-state index in [-0.39, 0.29) is 6.61 Å². The topological polar surface area (TPSA) is 89.8 Å². The van der Waals surface area contributed by atoms with E-state index in [2.05, 4.69) is 31.3 Å². The Morgan fingerprint density at radius 3 is 1.00 bits per heavy atom. The van der Waals surface area contributed by atoms with Crippen LogP contribution in [0.3, 0.4) is 0 Å². The third-order valence-corrected chi connectivity index (χ3v) is 12.3. The molecular formula is C53H103NO4.